The minimum absolute atomic E-state index is 0.00303. The van der Waals surface area contributed by atoms with Crippen LogP contribution in [0, 0.1) is 0 Å². The van der Waals surface area contributed by atoms with Crippen molar-refractivity contribution in [3.05, 3.63) is 48.5 Å². The van der Waals surface area contributed by atoms with Crippen LogP contribution in [-0.4, -0.2) is 49.1 Å². The zero-order chi connectivity index (χ0) is 23.8. The van der Waals surface area contributed by atoms with Crippen molar-refractivity contribution in [2.75, 3.05) is 16.8 Å². The summed E-state index contributed by atoms with van der Waals surface area (Å²) in [4.78, 5) is 38.3. The molecule has 1 aliphatic heterocycles. The van der Waals surface area contributed by atoms with Gasteiger partial charge in [0.05, 0.1) is 23.6 Å². The Morgan fingerprint density at radius 1 is 1.09 bits per heavy atom. The standard InChI is InChI=1S/C23H25N3O6S/c1-3-32-19-10-8-17(9-11-19)25-22(28)14-21(23(25)29)26(18-6-7-18)33(30,31)20-12-4-16(5-13-20)24-15(2)27/h4-5,8-13,18,21H,3,6-7,14H2,1-2H3,(H,24,27). The number of hydrogen-bond donors (Lipinski definition) is 1. The summed E-state index contributed by atoms with van der Waals surface area (Å²) in [5, 5.41) is 2.59. The highest BCUT2D eigenvalue weighted by molar-refractivity contribution is 7.89. The Bertz CT molecular complexity index is 1170. The molecule has 2 aliphatic rings. The molecule has 0 aromatic heterocycles. The van der Waals surface area contributed by atoms with Gasteiger partial charge in [-0.25, -0.2) is 13.3 Å². The largest absolute Gasteiger partial charge is 0.494 e. The molecule has 174 valence electrons. The minimum atomic E-state index is -4.04. The molecule has 1 atom stereocenters. The second kappa shape index (κ2) is 8.95. The lowest BCUT2D eigenvalue weighted by molar-refractivity contribution is -0.122. The fraction of sp³-hybridized carbons (Fsp3) is 0.348. The summed E-state index contributed by atoms with van der Waals surface area (Å²) in [7, 11) is -4.04. The maximum atomic E-state index is 13.5. The highest BCUT2D eigenvalue weighted by atomic mass is 32.2. The molecule has 0 bridgehead atoms. The lowest BCUT2D eigenvalue weighted by Gasteiger charge is -2.27. The Hall–Kier alpha value is -3.24. The predicted molar refractivity (Wildman–Crippen MR) is 121 cm³/mol. The van der Waals surface area contributed by atoms with Crippen molar-refractivity contribution >= 4 is 39.1 Å². The Morgan fingerprint density at radius 3 is 2.27 bits per heavy atom. The van der Waals surface area contributed by atoms with Crippen molar-refractivity contribution in [3.63, 3.8) is 0 Å². The molecule has 10 heteroatoms. The molecule has 0 radical (unpaired) electrons. The van der Waals surface area contributed by atoms with E-state index in [9.17, 15) is 22.8 Å². The third-order valence-electron chi connectivity index (χ3n) is 5.49. The number of rotatable bonds is 8. The number of ether oxygens (including phenoxy) is 1. The van der Waals surface area contributed by atoms with Gasteiger partial charge >= 0.3 is 0 Å². The molecule has 9 nitrogen and oxygen atoms in total. The van der Waals surface area contributed by atoms with Gasteiger partial charge in [0.15, 0.2) is 0 Å². The number of anilines is 2. The van der Waals surface area contributed by atoms with Crippen LogP contribution in [-0.2, 0) is 24.4 Å². The van der Waals surface area contributed by atoms with Crippen LogP contribution in [0.2, 0.25) is 0 Å². The summed E-state index contributed by atoms with van der Waals surface area (Å²) in [5.74, 6) is -0.665. The number of carbonyl (C=O) groups is 3. The van der Waals surface area contributed by atoms with Gasteiger partial charge in [0.2, 0.25) is 21.8 Å². The summed E-state index contributed by atoms with van der Waals surface area (Å²) in [6, 6.07) is 10.9. The van der Waals surface area contributed by atoms with E-state index in [1.54, 1.807) is 24.3 Å². The van der Waals surface area contributed by atoms with Gasteiger partial charge in [-0.1, -0.05) is 0 Å². The van der Waals surface area contributed by atoms with Crippen LogP contribution in [0.3, 0.4) is 0 Å². The molecular weight excluding hydrogens is 446 g/mol. The number of hydrogen-bond acceptors (Lipinski definition) is 6. The van der Waals surface area contributed by atoms with Gasteiger partial charge in [0, 0.05) is 18.7 Å². The van der Waals surface area contributed by atoms with Crippen molar-refractivity contribution in [1.82, 2.24) is 4.31 Å². The highest BCUT2D eigenvalue weighted by Crippen LogP contribution is 2.38. The van der Waals surface area contributed by atoms with E-state index in [0.29, 0.717) is 36.6 Å². The predicted octanol–water partition coefficient (Wildman–Crippen LogP) is 2.53. The quantitative estimate of drug-likeness (QED) is 0.592. The monoisotopic (exact) mass is 471 g/mol. The first kappa shape index (κ1) is 22.9. The second-order valence-corrected chi connectivity index (χ2v) is 9.83. The van der Waals surface area contributed by atoms with Crippen LogP contribution in [0.25, 0.3) is 0 Å². The molecule has 1 N–H and O–H groups in total. The molecule has 33 heavy (non-hydrogen) atoms. The number of imide groups is 1. The summed E-state index contributed by atoms with van der Waals surface area (Å²) in [6.45, 7) is 3.70. The molecule has 2 fully saturated rings. The van der Waals surface area contributed by atoms with Crippen molar-refractivity contribution in [3.8, 4) is 5.75 Å². The van der Waals surface area contributed by atoms with Gasteiger partial charge in [0.25, 0.3) is 5.91 Å². The first-order chi connectivity index (χ1) is 15.7. The van der Waals surface area contributed by atoms with Crippen molar-refractivity contribution in [1.29, 1.82) is 0 Å². The van der Waals surface area contributed by atoms with E-state index in [1.807, 2.05) is 6.92 Å². The van der Waals surface area contributed by atoms with Crippen molar-refractivity contribution < 1.29 is 27.5 Å². The van der Waals surface area contributed by atoms with E-state index in [2.05, 4.69) is 5.32 Å². The van der Waals surface area contributed by atoms with Crippen LogP contribution in [0.4, 0.5) is 11.4 Å². The smallest absolute Gasteiger partial charge is 0.252 e. The van der Waals surface area contributed by atoms with Gasteiger partial charge in [-0.3, -0.25) is 14.4 Å². The second-order valence-electron chi connectivity index (χ2n) is 7.99. The van der Waals surface area contributed by atoms with Gasteiger partial charge in [-0.15, -0.1) is 0 Å². The number of nitrogens with one attached hydrogen (secondary N) is 1. The SMILES string of the molecule is CCOc1ccc(N2C(=O)CC(N(C3CC3)S(=O)(=O)c3ccc(NC(C)=O)cc3)C2=O)cc1. The van der Waals surface area contributed by atoms with Gasteiger partial charge in [-0.05, 0) is 68.3 Å². The van der Waals surface area contributed by atoms with Crippen LogP contribution in [0.5, 0.6) is 5.75 Å². The molecule has 1 saturated heterocycles. The molecule has 1 aliphatic carbocycles. The number of carbonyl (C=O) groups excluding carboxylic acids is 3. The molecule has 0 spiro atoms. The lowest BCUT2D eigenvalue weighted by Crippen LogP contribution is -2.46. The number of nitrogens with zero attached hydrogens (tertiary/aromatic N) is 2. The normalized spacial score (nSPS) is 18.6. The Morgan fingerprint density at radius 2 is 1.73 bits per heavy atom. The van der Waals surface area contributed by atoms with Gasteiger partial charge in [0.1, 0.15) is 11.8 Å². The molecular formula is C23H25N3O6S. The molecule has 4 rings (SSSR count). The average Bonchev–Trinajstić information content (AvgIpc) is 3.55. The molecule has 1 saturated carbocycles. The highest BCUT2D eigenvalue weighted by Gasteiger charge is 2.51. The molecule has 1 unspecified atom stereocenters. The third-order valence-corrected chi connectivity index (χ3v) is 7.47. The number of benzene rings is 2. The first-order valence-corrected chi connectivity index (χ1v) is 12.2. The molecule has 3 amide bonds. The van der Waals surface area contributed by atoms with Crippen LogP contribution in [0.1, 0.15) is 33.1 Å². The Balaban J connectivity index is 1.61. The van der Waals surface area contributed by atoms with E-state index in [1.165, 1.54) is 35.5 Å². The van der Waals surface area contributed by atoms with Crippen molar-refractivity contribution in [2.24, 2.45) is 0 Å². The summed E-state index contributed by atoms with van der Waals surface area (Å²) in [5.41, 5.74) is 0.844. The third kappa shape index (κ3) is 4.62. The minimum Gasteiger partial charge on any atom is -0.494 e. The topological polar surface area (TPSA) is 113 Å². The van der Waals surface area contributed by atoms with E-state index >= 15 is 0 Å². The van der Waals surface area contributed by atoms with E-state index < -0.39 is 27.9 Å². The molecule has 1 heterocycles. The number of amides is 3. The summed E-state index contributed by atoms with van der Waals surface area (Å²) in [6.07, 6.45) is 1.04. The maximum Gasteiger partial charge on any atom is 0.252 e. The van der Waals surface area contributed by atoms with Crippen LogP contribution < -0.4 is 15.0 Å². The van der Waals surface area contributed by atoms with Crippen LogP contribution >= 0.6 is 0 Å². The van der Waals surface area contributed by atoms with Gasteiger partial charge in [-0.2, -0.15) is 4.31 Å². The zero-order valence-corrected chi connectivity index (χ0v) is 19.2. The maximum absolute atomic E-state index is 13.5. The number of sulfonamides is 1. The summed E-state index contributed by atoms with van der Waals surface area (Å²) < 4.78 is 33.6. The first-order valence-electron chi connectivity index (χ1n) is 10.7. The van der Waals surface area contributed by atoms with Crippen molar-refractivity contribution in [2.45, 2.75) is 50.1 Å². The Kier molecular flexibility index (Phi) is 6.22. The van der Waals surface area contributed by atoms with E-state index in [0.717, 1.165) is 4.90 Å². The fourth-order valence-corrected chi connectivity index (χ4v) is 5.75. The lowest BCUT2D eigenvalue weighted by atomic mass is 10.2. The summed E-state index contributed by atoms with van der Waals surface area (Å²) >= 11 is 0. The van der Waals surface area contributed by atoms with E-state index in [4.69, 9.17) is 4.74 Å². The molecule has 2 aromatic carbocycles. The zero-order valence-electron chi connectivity index (χ0n) is 18.4. The fourth-order valence-electron chi connectivity index (χ4n) is 3.93. The molecule has 2 aromatic rings. The Labute approximate surface area is 192 Å². The van der Waals surface area contributed by atoms with Gasteiger partial charge < -0.3 is 10.1 Å². The average molecular weight is 472 g/mol. The van der Waals surface area contributed by atoms with E-state index in [-0.39, 0.29) is 23.3 Å². The van der Waals surface area contributed by atoms with Crippen LogP contribution in [0.15, 0.2) is 53.4 Å².